The van der Waals surface area contributed by atoms with Gasteiger partial charge in [0.2, 0.25) is 12.4 Å². The molecule has 0 spiro atoms. The summed E-state index contributed by atoms with van der Waals surface area (Å²) in [6.07, 6.45) is 9.73. The first-order chi connectivity index (χ1) is 14.2. The lowest BCUT2D eigenvalue weighted by Gasteiger charge is -2.36. The van der Waals surface area contributed by atoms with Gasteiger partial charge in [0.05, 0.1) is 10.7 Å². The Morgan fingerprint density at radius 3 is 3.14 bits per heavy atom. The van der Waals surface area contributed by atoms with Crippen LogP contribution in [0.4, 0.5) is 11.6 Å². The summed E-state index contributed by atoms with van der Waals surface area (Å²) in [5.74, 6) is 1.79. The topological polar surface area (TPSA) is 78.8 Å². The minimum atomic E-state index is 0.193. The normalized spacial score (nSPS) is 16.9. The summed E-state index contributed by atoms with van der Waals surface area (Å²) in [7, 11) is 1.64. The van der Waals surface area contributed by atoms with Crippen molar-refractivity contribution < 1.29 is 14.7 Å². The molecule has 1 aliphatic heterocycles. The summed E-state index contributed by atoms with van der Waals surface area (Å²) in [4.78, 5) is 12.4. The van der Waals surface area contributed by atoms with E-state index >= 15 is 0 Å². The molecule has 0 aromatic carbocycles. The van der Waals surface area contributed by atoms with Gasteiger partial charge < -0.3 is 15.3 Å². The maximum absolute atomic E-state index is 9.48. The summed E-state index contributed by atoms with van der Waals surface area (Å²) < 4.78 is 4.34. The zero-order chi connectivity index (χ0) is 20.2. The van der Waals surface area contributed by atoms with Crippen molar-refractivity contribution >= 4 is 33.2 Å². The van der Waals surface area contributed by atoms with Crippen molar-refractivity contribution in [2.45, 2.75) is 38.3 Å². The summed E-state index contributed by atoms with van der Waals surface area (Å²) >= 11 is 3.57. The van der Waals surface area contributed by atoms with E-state index in [0.29, 0.717) is 12.6 Å². The molecular weight excluding hydrogens is 436 g/mol. The van der Waals surface area contributed by atoms with E-state index in [0.717, 1.165) is 53.1 Å². The maximum atomic E-state index is 9.48. The maximum Gasteiger partial charge on any atom is 0.227 e. The molecule has 3 aromatic heterocycles. The second kappa shape index (κ2) is 8.96. The highest BCUT2D eigenvalue weighted by Gasteiger charge is 2.24. The van der Waals surface area contributed by atoms with Crippen molar-refractivity contribution in [1.29, 1.82) is 0 Å². The second-order valence-corrected chi connectivity index (χ2v) is 8.05. The summed E-state index contributed by atoms with van der Waals surface area (Å²) in [5, 5.41) is 17.4. The van der Waals surface area contributed by atoms with Gasteiger partial charge >= 0.3 is 0 Å². The van der Waals surface area contributed by atoms with Crippen molar-refractivity contribution in [3.8, 4) is 0 Å². The Kier molecular flexibility index (Phi) is 6.15. The Labute approximate surface area is 178 Å². The zero-order valence-corrected chi connectivity index (χ0v) is 18.0. The number of aliphatic hydroxyl groups excluding tert-OH is 1. The van der Waals surface area contributed by atoms with E-state index in [2.05, 4.69) is 37.3 Å². The van der Waals surface area contributed by atoms with Crippen molar-refractivity contribution in [1.82, 2.24) is 14.6 Å². The molecule has 4 rings (SSSR count). The average molecular weight is 462 g/mol. The van der Waals surface area contributed by atoms with Crippen LogP contribution in [0.3, 0.4) is 0 Å². The number of piperidine rings is 1. The molecule has 0 radical (unpaired) electrons. The second-order valence-electron chi connectivity index (χ2n) is 7.19. The van der Waals surface area contributed by atoms with Crippen LogP contribution in [0.2, 0.25) is 0 Å². The summed E-state index contributed by atoms with van der Waals surface area (Å²) in [5.41, 5.74) is 1.86. The fraction of sp³-hybridized carbons (Fsp3) is 0.450. The van der Waals surface area contributed by atoms with Crippen molar-refractivity contribution in [2.75, 3.05) is 30.5 Å². The van der Waals surface area contributed by atoms with Crippen LogP contribution in [0.15, 0.2) is 41.3 Å². The van der Waals surface area contributed by atoms with Gasteiger partial charge in [-0.2, -0.15) is 9.61 Å². The van der Waals surface area contributed by atoms with Gasteiger partial charge in [0.15, 0.2) is 5.65 Å². The predicted octanol–water partition coefficient (Wildman–Crippen LogP) is 2.19. The van der Waals surface area contributed by atoms with Gasteiger partial charge in [-0.25, -0.2) is 4.98 Å². The van der Waals surface area contributed by atoms with Gasteiger partial charge in [-0.15, -0.1) is 0 Å². The highest BCUT2D eigenvalue weighted by Crippen LogP contribution is 2.29. The van der Waals surface area contributed by atoms with Crippen LogP contribution in [-0.2, 0) is 6.54 Å². The molecule has 0 aliphatic carbocycles. The van der Waals surface area contributed by atoms with Gasteiger partial charge in [0.1, 0.15) is 18.7 Å². The predicted molar refractivity (Wildman–Crippen MR) is 114 cm³/mol. The molecular formula is C20H26BrN6O2+. The largest absolute Gasteiger partial charge is 0.396 e. The minimum absolute atomic E-state index is 0.193. The fourth-order valence-corrected chi connectivity index (χ4v) is 4.21. The molecule has 0 saturated carbocycles. The van der Waals surface area contributed by atoms with Crippen LogP contribution in [0.1, 0.15) is 31.2 Å². The van der Waals surface area contributed by atoms with E-state index in [1.807, 2.05) is 29.0 Å². The molecule has 1 saturated heterocycles. The summed E-state index contributed by atoms with van der Waals surface area (Å²) in [6, 6.07) is 6.36. The number of hydrogen-bond donors (Lipinski definition) is 2. The van der Waals surface area contributed by atoms with Crippen LogP contribution in [0, 0.1) is 0 Å². The molecule has 1 atom stereocenters. The lowest BCUT2D eigenvalue weighted by molar-refractivity contribution is -0.885. The Balaban J connectivity index is 1.65. The SMILES string of the molecule is CO[n+]1cccc(CNc2cc(N3CCCC[C@@H]3CCO)nc3c(Br)cnn23)c1. The number of rotatable bonds is 7. The first-order valence-electron chi connectivity index (χ1n) is 9.90. The highest BCUT2D eigenvalue weighted by atomic mass is 79.9. The van der Waals surface area contributed by atoms with E-state index in [-0.39, 0.29) is 6.61 Å². The minimum Gasteiger partial charge on any atom is -0.396 e. The first-order valence-corrected chi connectivity index (χ1v) is 10.7. The van der Waals surface area contributed by atoms with Crippen molar-refractivity contribution in [3.05, 3.63) is 46.8 Å². The van der Waals surface area contributed by atoms with E-state index in [1.54, 1.807) is 18.0 Å². The number of fused-ring (bicyclic) bond motifs is 1. The number of aromatic nitrogens is 4. The molecule has 4 heterocycles. The van der Waals surface area contributed by atoms with Crippen molar-refractivity contribution in [3.63, 3.8) is 0 Å². The number of anilines is 2. The van der Waals surface area contributed by atoms with Gasteiger partial charge in [0.25, 0.3) is 0 Å². The molecule has 0 bridgehead atoms. The van der Waals surface area contributed by atoms with E-state index in [1.165, 1.54) is 6.42 Å². The van der Waals surface area contributed by atoms with E-state index < -0.39 is 0 Å². The Hall–Kier alpha value is -2.39. The Morgan fingerprint density at radius 2 is 2.31 bits per heavy atom. The standard InChI is InChI=1S/C20H26BrN6O2/c1-29-25-8-4-5-15(14-25)12-22-18-11-19(24-20-17(21)13-23-27(18)20)26-9-3-2-6-16(26)7-10-28/h4-5,8,11,13-14,16,22,28H,2-3,6-7,9-10,12H2,1H3/q+1/t16-/m1/s1. The number of pyridine rings is 1. The Morgan fingerprint density at radius 1 is 1.41 bits per heavy atom. The van der Waals surface area contributed by atoms with Gasteiger partial charge in [-0.3, -0.25) is 4.84 Å². The zero-order valence-electron chi connectivity index (χ0n) is 16.5. The van der Waals surface area contributed by atoms with Gasteiger partial charge in [-0.05, 0) is 47.7 Å². The van der Waals surface area contributed by atoms with Gasteiger partial charge in [0, 0.05) is 48.2 Å². The number of halogens is 1. The highest BCUT2D eigenvalue weighted by molar-refractivity contribution is 9.10. The fourth-order valence-electron chi connectivity index (χ4n) is 3.86. The molecule has 1 aliphatic rings. The Bertz CT molecular complexity index is 977. The smallest absolute Gasteiger partial charge is 0.227 e. The molecule has 3 aromatic rings. The van der Waals surface area contributed by atoms with Crippen LogP contribution >= 0.6 is 15.9 Å². The molecule has 2 N–H and O–H groups in total. The summed E-state index contributed by atoms with van der Waals surface area (Å²) in [6.45, 7) is 1.77. The molecule has 0 unspecified atom stereocenters. The van der Waals surface area contributed by atoms with Crippen molar-refractivity contribution in [2.24, 2.45) is 0 Å². The molecule has 0 amide bonds. The molecule has 154 valence electrons. The van der Waals surface area contributed by atoms with Crippen LogP contribution in [0.5, 0.6) is 0 Å². The third kappa shape index (κ3) is 4.30. The number of nitrogens with one attached hydrogen (secondary N) is 1. The molecule has 1 fully saturated rings. The lowest BCUT2D eigenvalue weighted by Crippen LogP contribution is -2.40. The van der Waals surface area contributed by atoms with Crippen LogP contribution < -0.4 is 19.8 Å². The van der Waals surface area contributed by atoms with Crippen LogP contribution in [-0.4, -0.2) is 46.0 Å². The number of hydrogen-bond acceptors (Lipinski definition) is 6. The molecule has 9 heteroatoms. The molecule has 8 nitrogen and oxygen atoms in total. The average Bonchev–Trinajstić information content (AvgIpc) is 3.14. The lowest BCUT2D eigenvalue weighted by atomic mass is 9.99. The third-order valence-corrected chi connectivity index (χ3v) is 5.88. The van der Waals surface area contributed by atoms with Gasteiger partial charge in [-0.1, -0.05) is 0 Å². The first kappa shape index (κ1) is 19.9. The number of nitrogens with zero attached hydrogens (tertiary/aromatic N) is 5. The number of aliphatic hydroxyl groups is 1. The molecule has 29 heavy (non-hydrogen) atoms. The van der Waals surface area contributed by atoms with E-state index in [4.69, 9.17) is 9.82 Å². The third-order valence-electron chi connectivity index (χ3n) is 5.32. The quantitative estimate of drug-likeness (QED) is 0.525. The monoisotopic (exact) mass is 461 g/mol. The van der Waals surface area contributed by atoms with E-state index in [9.17, 15) is 5.11 Å². The van der Waals surface area contributed by atoms with Crippen LogP contribution in [0.25, 0.3) is 5.65 Å².